The quantitative estimate of drug-likeness (QED) is 0.317. The molecule has 0 saturated heterocycles. The molecule has 2 unspecified atom stereocenters. The fourth-order valence-electron chi connectivity index (χ4n) is 3.26. The SMILES string of the molecule is CCC(CCN(CCCCC(=O)O)CC(=O)O)C(CCC(=O)C(C)C)C(=O)O. The molecule has 0 saturated carbocycles. The van der Waals surface area contributed by atoms with E-state index in [1.165, 1.54) is 0 Å². The monoisotopic (exact) mass is 401 g/mol. The molecular formula is C20H35NO7. The Kier molecular flexibility index (Phi) is 13.1. The van der Waals surface area contributed by atoms with Crippen LogP contribution in [0.3, 0.4) is 0 Å². The molecule has 0 fully saturated rings. The predicted octanol–water partition coefficient (Wildman–Crippen LogP) is 2.75. The maximum Gasteiger partial charge on any atom is 0.317 e. The average molecular weight is 402 g/mol. The molecule has 8 nitrogen and oxygen atoms in total. The molecule has 0 spiro atoms. The highest BCUT2D eigenvalue weighted by Crippen LogP contribution is 2.26. The van der Waals surface area contributed by atoms with Crippen molar-refractivity contribution in [2.75, 3.05) is 19.6 Å². The maximum absolute atomic E-state index is 11.9. The second-order valence-corrected chi connectivity index (χ2v) is 7.58. The summed E-state index contributed by atoms with van der Waals surface area (Å²) in [6, 6.07) is 0. The number of rotatable bonds is 17. The van der Waals surface area contributed by atoms with E-state index in [-0.39, 0.29) is 37.0 Å². The first-order valence-corrected chi connectivity index (χ1v) is 9.99. The number of aliphatic carboxylic acids is 3. The van der Waals surface area contributed by atoms with E-state index in [1.54, 1.807) is 18.7 Å². The fourth-order valence-corrected chi connectivity index (χ4v) is 3.26. The molecule has 0 aliphatic heterocycles. The largest absolute Gasteiger partial charge is 0.481 e. The van der Waals surface area contributed by atoms with Crippen LogP contribution in [0.25, 0.3) is 0 Å². The van der Waals surface area contributed by atoms with Crippen molar-refractivity contribution in [3.05, 3.63) is 0 Å². The third-order valence-electron chi connectivity index (χ3n) is 5.05. The molecule has 0 rings (SSSR count). The lowest BCUT2D eigenvalue weighted by atomic mass is 9.83. The van der Waals surface area contributed by atoms with Crippen molar-refractivity contribution in [2.24, 2.45) is 17.8 Å². The van der Waals surface area contributed by atoms with Crippen molar-refractivity contribution >= 4 is 23.7 Å². The minimum absolute atomic E-state index is 0.0451. The molecule has 2 atom stereocenters. The Morgan fingerprint density at radius 2 is 1.50 bits per heavy atom. The molecule has 28 heavy (non-hydrogen) atoms. The Bertz CT molecular complexity index is 519. The number of carboxylic acids is 3. The van der Waals surface area contributed by atoms with Crippen LogP contribution < -0.4 is 0 Å². The summed E-state index contributed by atoms with van der Waals surface area (Å²) in [5.41, 5.74) is 0. The molecule has 3 N–H and O–H groups in total. The highest BCUT2D eigenvalue weighted by molar-refractivity contribution is 5.81. The molecule has 0 radical (unpaired) electrons. The molecule has 162 valence electrons. The first kappa shape index (κ1) is 26.0. The summed E-state index contributed by atoms with van der Waals surface area (Å²) in [7, 11) is 0. The lowest BCUT2D eigenvalue weighted by Crippen LogP contribution is -2.34. The smallest absolute Gasteiger partial charge is 0.317 e. The zero-order valence-corrected chi connectivity index (χ0v) is 17.2. The Labute approximate surface area is 166 Å². The van der Waals surface area contributed by atoms with E-state index in [2.05, 4.69) is 0 Å². The lowest BCUT2D eigenvalue weighted by Gasteiger charge is -2.27. The van der Waals surface area contributed by atoms with Crippen LogP contribution in [-0.4, -0.2) is 63.5 Å². The third-order valence-corrected chi connectivity index (χ3v) is 5.05. The van der Waals surface area contributed by atoms with Gasteiger partial charge in [0.05, 0.1) is 12.5 Å². The molecule has 0 aromatic carbocycles. The fraction of sp³-hybridized carbons (Fsp3) is 0.800. The van der Waals surface area contributed by atoms with Gasteiger partial charge in [-0.2, -0.15) is 0 Å². The van der Waals surface area contributed by atoms with Crippen LogP contribution in [0.1, 0.15) is 65.7 Å². The maximum atomic E-state index is 11.9. The topological polar surface area (TPSA) is 132 Å². The molecule has 0 aromatic heterocycles. The number of carboxylic acid groups (broad SMARTS) is 3. The average Bonchev–Trinajstić information content (AvgIpc) is 2.59. The summed E-state index contributed by atoms with van der Waals surface area (Å²) in [6.45, 7) is 6.22. The van der Waals surface area contributed by atoms with Gasteiger partial charge in [-0.05, 0) is 44.7 Å². The summed E-state index contributed by atoms with van der Waals surface area (Å²) in [5, 5.41) is 27.3. The van der Waals surface area contributed by atoms with Gasteiger partial charge in [0.25, 0.3) is 0 Å². The van der Waals surface area contributed by atoms with Gasteiger partial charge in [-0.1, -0.05) is 27.2 Å². The van der Waals surface area contributed by atoms with Crippen molar-refractivity contribution in [2.45, 2.75) is 65.7 Å². The Balaban J connectivity index is 4.78. The van der Waals surface area contributed by atoms with Gasteiger partial charge in [0.1, 0.15) is 5.78 Å². The number of ketones is 1. The summed E-state index contributed by atoms with van der Waals surface area (Å²) in [6.07, 6.45) is 2.77. The number of carbonyl (C=O) groups excluding carboxylic acids is 1. The van der Waals surface area contributed by atoms with E-state index < -0.39 is 23.8 Å². The number of hydrogen-bond donors (Lipinski definition) is 3. The standard InChI is InChI=1S/C20H35NO7/c1-4-15(16(20(27)28)8-9-17(22)14(2)3)10-12-21(13-19(25)26)11-6-5-7-18(23)24/h14-16H,4-13H2,1-3H3,(H,23,24)(H,25,26)(H,27,28). The summed E-state index contributed by atoms with van der Waals surface area (Å²) < 4.78 is 0. The molecular weight excluding hydrogens is 366 g/mol. The molecule has 0 bridgehead atoms. The lowest BCUT2D eigenvalue weighted by molar-refractivity contribution is -0.145. The number of carbonyl (C=O) groups is 4. The van der Waals surface area contributed by atoms with Crippen molar-refractivity contribution in [1.29, 1.82) is 0 Å². The number of unbranched alkanes of at least 4 members (excludes halogenated alkanes) is 1. The van der Waals surface area contributed by atoms with Crippen LogP contribution in [-0.2, 0) is 19.2 Å². The first-order valence-electron chi connectivity index (χ1n) is 9.99. The van der Waals surface area contributed by atoms with Gasteiger partial charge in [0.2, 0.25) is 0 Å². The van der Waals surface area contributed by atoms with Gasteiger partial charge in [-0.25, -0.2) is 0 Å². The van der Waals surface area contributed by atoms with Crippen LogP contribution >= 0.6 is 0 Å². The summed E-state index contributed by atoms with van der Waals surface area (Å²) in [4.78, 5) is 46.9. The van der Waals surface area contributed by atoms with Crippen LogP contribution in [0.2, 0.25) is 0 Å². The van der Waals surface area contributed by atoms with E-state index in [1.807, 2.05) is 6.92 Å². The number of Topliss-reactive ketones (excluding diaryl/α,β-unsaturated/α-hetero) is 1. The second kappa shape index (κ2) is 14.1. The number of nitrogens with zero attached hydrogens (tertiary/aromatic N) is 1. The van der Waals surface area contributed by atoms with E-state index in [4.69, 9.17) is 10.2 Å². The zero-order chi connectivity index (χ0) is 21.7. The normalized spacial score (nSPS) is 13.5. The van der Waals surface area contributed by atoms with Crippen molar-refractivity contribution < 1.29 is 34.5 Å². The van der Waals surface area contributed by atoms with Gasteiger partial charge >= 0.3 is 17.9 Å². The highest BCUT2D eigenvalue weighted by atomic mass is 16.4. The van der Waals surface area contributed by atoms with Crippen LogP contribution in [0.4, 0.5) is 0 Å². The van der Waals surface area contributed by atoms with E-state index in [9.17, 15) is 24.3 Å². The van der Waals surface area contributed by atoms with Gasteiger partial charge in [0.15, 0.2) is 0 Å². The molecule has 8 heteroatoms. The van der Waals surface area contributed by atoms with E-state index in [0.717, 1.165) is 0 Å². The molecule has 0 aromatic rings. The summed E-state index contributed by atoms with van der Waals surface area (Å²) in [5.74, 6) is -3.62. The first-order chi connectivity index (χ1) is 13.1. The minimum atomic E-state index is -0.969. The predicted molar refractivity (Wildman–Crippen MR) is 104 cm³/mol. The van der Waals surface area contributed by atoms with E-state index in [0.29, 0.717) is 45.2 Å². The summed E-state index contributed by atoms with van der Waals surface area (Å²) >= 11 is 0. The molecule has 0 aliphatic carbocycles. The minimum Gasteiger partial charge on any atom is -0.481 e. The second-order valence-electron chi connectivity index (χ2n) is 7.58. The van der Waals surface area contributed by atoms with Crippen LogP contribution in [0, 0.1) is 17.8 Å². The van der Waals surface area contributed by atoms with Crippen molar-refractivity contribution in [1.82, 2.24) is 4.90 Å². The molecule has 0 heterocycles. The third kappa shape index (κ3) is 11.7. The van der Waals surface area contributed by atoms with Gasteiger partial charge < -0.3 is 15.3 Å². The zero-order valence-electron chi connectivity index (χ0n) is 17.2. The van der Waals surface area contributed by atoms with Crippen LogP contribution in [0.15, 0.2) is 0 Å². The number of hydrogen-bond acceptors (Lipinski definition) is 5. The van der Waals surface area contributed by atoms with E-state index >= 15 is 0 Å². The van der Waals surface area contributed by atoms with Crippen LogP contribution in [0.5, 0.6) is 0 Å². The molecule has 0 aliphatic rings. The molecule has 0 amide bonds. The van der Waals surface area contributed by atoms with Gasteiger partial charge in [0, 0.05) is 18.8 Å². The van der Waals surface area contributed by atoms with Crippen molar-refractivity contribution in [3.8, 4) is 0 Å². The Morgan fingerprint density at radius 1 is 0.857 bits per heavy atom. The Morgan fingerprint density at radius 3 is 1.96 bits per heavy atom. The van der Waals surface area contributed by atoms with Gasteiger partial charge in [-0.15, -0.1) is 0 Å². The van der Waals surface area contributed by atoms with Crippen molar-refractivity contribution in [3.63, 3.8) is 0 Å². The highest BCUT2D eigenvalue weighted by Gasteiger charge is 2.28. The van der Waals surface area contributed by atoms with Gasteiger partial charge in [-0.3, -0.25) is 24.1 Å². The Hall–Kier alpha value is -1.96.